The van der Waals surface area contributed by atoms with Gasteiger partial charge in [0.2, 0.25) is 0 Å². The molecule has 0 aliphatic rings. The van der Waals surface area contributed by atoms with E-state index in [-0.39, 0.29) is 7.43 Å². The van der Waals surface area contributed by atoms with Crippen LogP contribution in [0, 0.1) is 6.92 Å². The monoisotopic (exact) mass is 312 g/mol. The van der Waals surface area contributed by atoms with Gasteiger partial charge in [0.25, 0.3) is 0 Å². The van der Waals surface area contributed by atoms with E-state index in [1.807, 2.05) is 30.5 Å². The molecule has 2 aromatic rings. The molecule has 19 heavy (non-hydrogen) atoms. The number of rotatable bonds is 2. The van der Waals surface area contributed by atoms with E-state index >= 15 is 0 Å². The summed E-state index contributed by atoms with van der Waals surface area (Å²) in [5.74, 6) is 0. The van der Waals surface area contributed by atoms with Crippen LogP contribution in [0.5, 0.6) is 0 Å². The molecule has 0 N–H and O–H groups in total. The standard InChI is InChI=1S/C8H10S.C7H7ClS.CH4/c1-7-5-3-4-6-8(7)9-2;1-9-7-4-2-6(8)3-5-7;/h3-6H,1-2H3;2-5H,1H3;1H4. The van der Waals surface area contributed by atoms with Gasteiger partial charge in [-0.15, -0.1) is 23.5 Å². The highest BCUT2D eigenvalue weighted by atomic mass is 35.5. The van der Waals surface area contributed by atoms with Gasteiger partial charge in [-0.2, -0.15) is 0 Å². The first kappa shape index (κ1) is 18.4. The minimum Gasteiger partial charge on any atom is -0.130 e. The summed E-state index contributed by atoms with van der Waals surface area (Å²) in [5, 5.41) is 0.799. The average Bonchev–Trinajstić information content (AvgIpc) is 2.41. The molecule has 0 fully saturated rings. The van der Waals surface area contributed by atoms with E-state index in [1.54, 1.807) is 23.5 Å². The lowest BCUT2D eigenvalue weighted by molar-refractivity contribution is 1.31. The zero-order valence-electron chi connectivity index (χ0n) is 10.8. The molecule has 0 unspecified atom stereocenters. The van der Waals surface area contributed by atoms with Gasteiger partial charge in [-0.1, -0.05) is 37.2 Å². The molecule has 0 spiro atoms. The summed E-state index contributed by atoms with van der Waals surface area (Å²) < 4.78 is 0. The van der Waals surface area contributed by atoms with Crippen LogP contribution in [0.15, 0.2) is 58.3 Å². The van der Waals surface area contributed by atoms with Gasteiger partial charge in [0.1, 0.15) is 0 Å². The zero-order chi connectivity index (χ0) is 13.4. The Hall–Kier alpha value is -0.570. The Morgan fingerprint density at radius 1 is 0.842 bits per heavy atom. The average molecular weight is 313 g/mol. The van der Waals surface area contributed by atoms with Crippen LogP contribution in [0.1, 0.15) is 13.0 Å². The highest BCUT2D eigenvalue weighted by Crippen LogP contribution is 2.18. The summed E-state index contributed by atoms with van der Waals surface area (Å²) in [6, 6.07) is 16.2. The van der Waals surface area contributed by atoms with Crippen LogP contribution >= 0.6 is 35.1 Å². The third kappa shape index (κ3) is 6.95. The van der Waals surface area contributed by atoms with Crippen molar-refractivity contribution < 1.29 is 0 Å². The van der Waals surface area contributed by atoms with Gasteiger partial charge < -0.3 is 0 Å². The van der Waals surface area contributed by atoms with Crippen molar-refractivity contribution in [3.8, 4) is 0 Å². The van der Waals surface area contributed by atoms with Crippen LogP contribution in [0.25, 0.3) is 0 Å². The predicted molar refractivity (Wildman–Crippen MR) is 92.9 cm³/mol. The summed E-state index contributed by atoms with van der Waals surface area (Å²) in [7, 11) is 0. The molecule has 0 bridgehead atoms. The second-order valence-corrected chi connectivity index (χ2v) is 5.79. The van der Waals surface area contributed by atoms with Gasteiger partial charge in [0, 0.05) is 14.8 Å². The Kier molecular flexibility index (Phi) is 9.94. The second-order valence-electron chi connectivity index (χ2n) is 3.63. The SMILES string of the molecule is C.CSc1ccc(Cl)cc1.CSc1ccccc1C. The molecule has 0 aliphatic heterocycles. The highest BCUT2D eigenvalue weighted by molar-refractivity contribution is 7.98. The fourth-order valence-corrected chi connectivity index (χ4v) is 2.50. The fraction of sp³-hybridized carbons (Fsp3) is 0.250. The lowest BCUT2D eigenvalue weighted by atomic mass is 10.2. The Bertz CT molecular complexity index is 466. The quantitative estimate of drug-likeness (QED) is 0.587. The molecule has 0 amide bonds. The maximum Gasteiger partial charge on any atom is 0.0406 e. The Morgan fingerprint density at radius 2 is 1.42 bits per heavy atom. The molecule has 0 saturated heterocycles. The van der Waals surface area contributed by atoms with E-state index in [0.29, 0.717) is 0 Å². The maximum absolute atomic E-state index is 5.66. The van der Waals surface area contributed by atoms with E-state index in [4.69, 9.17) is 11.6 Å². The molecule has 0 atom stereocenters. The number of aryl methyl sites for hydroxylation is 1. The Balaban J connectivity index is 0.000000324. The summed E-state index contributed by atoms with van der Waals surface area (Å²) >= 11 is 9.17. The van der Waals surface area contributed by atoms with Crippen molar-refractivity contribution >= 4 is 35.1 Å². The van der Waals surface area contributed by atoms with Gasteiger partial charge in [0.05, 0.1) is 0 Å². The Morgan fingerprint density at radius 3 is 1.84 bits per heavy atom. The molecule has 2 aromatic carbocycles. The van der Waals surface area contributed by atoms with Crippen molar-refractivity contribution in [3.63, 3.8) is 0 Å². The highest BCUT2D eigenvalue weighted by Gasteiger charge is 1.90. The minimum absolute atomic E-state index is 0. The van der Waals surface area contributed by atoms with Crippen LogP contribution in [0.3, 0.4) is 0 Å². The van der Waals surface area contributed by atoms with Crippen LogP contribution in [-0.4, -0.2) is 12.5 Å². The lowest BCUT2D eigenvalue weighted by Crippen LogP contribution is -1.74. The van der Waals surface area contributed by atoms with E-state index < -0.39 is 0 Å². The number of thioether (sulfide) groups is 2. The van der Waals surface area contributed by atoms with E-state index in [0.717, 1.165) is 5.02 Å². The summed E-state index contributed by atoms with van der Waals surface area (Å²) in [4.78, 5) is 2.62. The zero-order valence-corrected chi connectivity index (χ0v) is 13.2. The normalized spacial score (nSPS) is 9.05. The topological polar surface area (TPSA) is 0 Å². The number of benzene rings is 2. The molecule has 2 rings (SSSR count). The summed E-state index contributed by atoms with van der Waals surface area (Å²) in [6.45, 7) is 2.13. The minimum atomic E-state index is 0. The molecule has 0 heterocycles. The van der Waals surface area contributed by atoms with Crippen molar-refractivity contribution in [1.29, 1.82) is 0 Å². The summed E-state index contributed by atoms with van der Waals surface area (Å²) in [5.41, 5.74) is 1.37. The number of hydrogen-bond donors (Lipinski definition) is 0. The van der Waals surface area contributed by atoms with E-state index in [1.165, 1.54) is 15.4 Å². The molecule has 104 valence electrons. The third-order valence-corrected chi connectivity index (χ3v) is 4.26. The summed E-state index contributed by atoms with van der Waals surface area (Å²) in [6.07, 6.45) is 4.14. The maximum atomic E-state index is 5.66. The van der Waals surface area contributed by atoms with Crippen LogP contribution in [0.4, 0.5) is 0 Å². The molecular weight excluding hydrogens is 292 g/mol. The second kappa shape index (κ2) is 10.2. The molecule has 0 nitrogen and oxygen atoms in total. The molecule has 0 radical (unpaired) electrons. The first-order chi connectivity index (χ1) is 8.67. The largest absolute Gasteiger partial charge is 0.130 e. The molecule has 0 aromatic heterocycles. The first-order valence-electron chi connectivity index (χ1n) is 5.56. The van der Waals surface area contributed by atoms with Crippen molar-refractivity contribution in [2.45, 2.75) is 24.1 Å². The van der Waals surface area contributed by atoms with Gasteiger partial charge >= 0.3 is 0 Å². The van der Waals surface area contributed by atoms with Gasteiger partial charge in [-0.25, -0.2) is 0 Å². The van der Waals surface area contributed by atoms with Crippen molar-refractivity contribution in [2.24, 2.45) is 0 Å². The van der Waals surface area contributed by atoms with Crippen LogP contribution < -0.4 is 0 Å². The van der Waals surface area contributed by atoms with E-state index in [9.17, 15) is 0 Å². The third-order valence-electron chi connectivity index (χ3n) is 2.36. The van der Waals surface area contributed by atoms with Crippen molar-refractivity contribution in [1.82, 2.24) is 0 Å². The Labute approximate surface area is 131 Å². The van der Waals surface area contributed by atoms with Crippen molar-refractivity contribution in [3.05, 3.63) is 59.1 Å². The molecule has 0 saturated carbocycles. The molecule has 3 heteroatoms. The number of halogens is 1. The van der Waals surface area contributed by atoms with Crippen LogP contribution in [-0.2, 0) is 0 Å². The lowest BCUT2D eigenvalue weighted by Gasteiger charge is -1.97. The molecule has 0 aliphatic carbocycles. The van der Waals surface area contributed by atoms with E-state index in [2.05, 4.69) is 37.4 Å². The van der Waals surface area contributed by atoms with Gasteiger partial charge in [0.15, 0.2) is 0 Å². The van der Waals surface area contributed by atoms with Gasteiger partial charge in [-0.3, -0.25) is 0 Å². The molecular formula is C16H21ClS2. The smallest absolute Gasteiger partial charge is 0.0406 e. The van der Waals surface area contributed by atoms with Gasteiger partial charge in [-0.05, 0) is 55.3 Å². The fourth-order valence-electron chi connectivity index (χ4n) is 1.36. The first-order valence-corrected chi connectivity index (χ1v) is 8.39. The van der Waals surface area contributed by atoms with Crippen LogP contribution in [0.2, 0.25) is 5.02 Å². The predicted octanol–water partition coefficient (Wildman–Crippen LogP) is 6.41. The van der Waals surface area contributed by atoms with Crippen molar-refractivity contribution in [2.75, 3.05) is 12.5 Å². The number of hydrogen-bond acceptors (Lipinski definition) is 2.